The Morgan fingerprint density at radius 1 is 1.14 bits per heavy atom. The summed E-state index contributed by atoms with van der Waals surface area (Å²) in [6.07, 6.45) is 0. The van der Waals surface area contributed by atoms with Crippen LogP contribution in [0.1, 0.15) is 10.4 Å². The minimum Gasteiger partial charge on any atom is -0.497 e. The van der Waals surface area contributed by atoms with Crippen molar-refractivity contribution in [3.63, 3.8) is 0 Å². The molecule has 2 aromatic rings. The molecule has 1 saturated heterocycles. The van der Waals surface area contributed by atoms with Gasteiger partial charge in [-0.15, -0.1) is 11.8 Å². The largest absolute Gasteiger partial charge is 0.497 e. The molecule has 108 valence electrons. The monoisotopic (exact) mass is 299 g/mol. The highest BCUT2D eigenvalue weighted by Crippen LogP contribution is 2.32. The minimum absolute atomic E-state index is 0.138. The van der Waals surface area contributed by atoms with E-state index in [9.17, 15) is 4.79 Å². The summed E-state index contributed by atoms with van der Waals surface area (Å²) in [4.78, 5) is 14.8. The van der Waals surface area contributed by atoms with E-state index in [1.165, 1.54) is 0 Å². The molecule has 1 unspecified atom stereocenters. The van der Waals surface area contributed by atoms with Gasteiger partial charge in [-0.3, -0.25) is 4.79 Å². The molecule has 2 aromatic carbocycles. The molecule has 4 heteroatoms. The molecule has 1 fully saturated rings. The second kappa shape index (κ2) is 6.22. The van der Waals surface area contributed by atoms with Gasteiger partial charge in [-0.1, -0.05) is 30.3 Å². The van der Waals surface area contributed by atoms with E-state index in [1.54, 1.807) is 18.9 Å². The lowest BCUT2D eigenvalue weighted by atomic mass is 10.1. The zero-order chi connectivity index (χ0) is 14.7. The lowest BCUT2D eigenvalue weighted by Gasteiger charge is -2.25. The van der Waals surface area contributed by atoms with Crippen LogP contribution >= 0.6 is 11.8 Å². The third kappa shape index (κ3) is 2.90. The molecule has 1 aliphatic rings. The molecule has 1 heterocycles. The van der Waals surface area contributed by atoms with Crippen LogP contribution < -0.4 is 9.64 Å². The smallest absolute Gasteiger partial charge is 0.195 e. The number of hydrogen-bond acceptors (Lipinski definition) is 4. The maximum absolute atomic E-state index is 12.7. The predicted octanol–water partition coefficient (Wildman–Crippen LogP) is 3.46. The first-order valence-corrected chi connectivity index (χ1v) is 7.96. The quantitative estimate of drug-likeness (QED) is 0.809. The van der Waals surface area contributed by atoms with Crippen molar-refractivity contribution in [1.82, 2.24) is 0 Å². The third-order valence-electron chi connectivity index (χ3n) is 3.58. The fraction of sp³-hybridized carbons (Fsp3) is 0.235. The average molecular weight is 299 g/mol. The molecule has 0 radical (unpaired) electrons. The van der Waals surface area contributed by atoms with Crippen molar-refractivity contribution in [2.45, 2.75) is 5.37 Å². The summed E-state index contributed by atoms with van der Waals surface area (Å²) in [5.74, 6) is 1.97. The summed E-state index contributed by atoms with van der Waals surface area (Å²) in [6, 6.07) is 17.4. The van der Waals surface area contributed by atoms with Gasteiger partial charge in [0.2, 0.25) is 0 Å². The summed E-state index contributed by atoms with van der Waals surface area (Å²) >= 11 is 1.70. The van der Waals surface area contributed by atoms with Crippen molar-refractivity contribution in [1.29, 1.82) is 0 Å². The van der Waals surface area contributed by atoms with E-state index in [4.69, 9.17) is 4.74 Å². The Labute approximate surface area is 128 Å². The molecule has 0 saturated carbocycles. The van der Waals surface area contributed by atoms with Gasteiger partial charge in [-0.2, -0.15) is 0 Å². The highest BCUT2D eigenvalue weighted by Gasteiger charge is 2.32. The first kappa shape index (κ1) is 14.0. The fourth-order valence-electron chi connectivity index (χ4n) is 2.47. The number of nitrogens with zero attached hydrogens (tertiary/aromatic N) is 1. The molecular weight excluding hydrogens is 282 g/mol. The van der Waals surface area contributed by atoms with E-state index in [1.807, 2.05) is 54.6 Å². The van der Waals surface area contributed by atoms with Gasteiger partial charge >= 0.3 is 0 Å². The number of ketones is 1. The highest BCUT2D eigenvalue weighted by molar-refractivity contribution is 8.01. The molecule has 0 amide bonds. The summed E-state index contributed by atoms with van der Waals surface area (Å²) < 4.78 is 5.18. The van der Waals surface area contributed by atoms with E-state index >= 15 is 0 Å². The molecule has 0 N–H and O–H groups in total. The number of thioether (sulfide) groups is 1. The van der Waals surface area contributed by atoms with E-state index in [0.29, 0.717) is 0 Å². The van der Waals surface area contributed by atoms with Crippen LogP contribution in [-0.2, 0) is 0 Å². The number of Topliss-reactive ketones (excluding diaryl/α,β-unsaturated/α-hetero) is 1. The maximum Gasteiger partial charge on any atom is 0.195 e. The fourth-order valence-corrected chi connectivity index (χ4v) is 3.69. The van der Waals surface area contributed by atoms with Crippen LogP contribution in [0.25, 0.3) is 0 Å². The number of carbonyl (C=O) groups is 1. The summed E-state index contributed by atoms with van der Waals surface area (Å²) in [5.41, 5.74) is 1.84. The third-order valence-corrected chi connectivity index (χ3v) is 4.78. The second-order valence-corrected chi connectivity index (χ2v) is 6.03. The second-order valence-electron chi connectivity index (χ2n) is 4.84. The summed E-state index contributed by atoms with van der Waals surface area (Å²) in [6.45, 7) is 0.889. The van der Waals surface area contributed by atoms with Crippen molar-refractivity contribution in [3.8, 4) is 5.75 Å². The van der Waals surface area contributed by atoms with Crippen molar-refractivity contribution >= 4 is 23.2 Å². The molecule has 0 aromatic heterocycles. The number of ether oxygens (including phenoxy) is 1. The molecule has 3 nitrogen and oxygen atoms in total. The van der Waals surface area contributed by atoms with Gasteiger partial charge in [0, 0.05) is 23.5 Å². The van der Waals surface area contributed by atoms with Crippen LogP contribution in [0.2, 0.25) is 0 Å². The Morgan fingerprint density at radius 3 is 2.52 bits per heavy atom. The number of methoxy groups -OCH3 is 1. The van der Waals surface area contributed by atoms with Crippen LogP contribution in [0.5, 0.6) is 5.75 Å². The highest BCUT2D eigenvalue weighted by atomic mass is 32.2. The van der Waals surface area contributed by atoms with Crippen LogP contribution in [0.15, 0.2) is 54.6 Å². The standard InChI is InChI=1S/C17H17NO2S/c1-20-15-9-7-14(8-10-15)18-11-12-21-17(18)16(19)13-5-3-2-4-6-13/h2-10,17H,11-12H2,1H3. The molecule has 0 aliphatic carbocycles. The minimum atomic E-state index is -0.138. The first-order valence-electron chi connectivity index (χ1n) is 6.91. The molecule has 3 rings (SSSR count). The Bertz CT molecular complexity index is 612. The van der Waals surface area contributed by atoms with Crippen molar-refractivity contribution in [3.05, 3.63) is 60.2 Å². The molecular formula is C17H17NO2S. The van der Waals surface area contributed by atoms with Crippen LogP contribution in [0, 0.1) is 0 Å². The van der Waals surface area contributed by atoms with Gasteiger partial charge in [-0.05, 0) is 24.3 Å². The van der Waals surface area contributed by atoms with Crippen molar-refractivity contribution in [2.24, 2.45) is 0 Å². The SMILES string of the molecule is COc1ccc(N2CCSC2C(=O)c2ccccc2)cc1. The van der Waals surface area contributed by atoms with Crippen LogP contribution in [-0.4, -0.2) is 30.6 Å². The molecule has 1 atom stereocenters. The lowest BCUT2D eigenvalue weighted by Crippen LogP contribution is -2.34. The van der Waals surface area contributed by atoms with Crippen molar-refractivity contribution < 1.29 is 9.53 Å². The number of benzene rings is 2. The Hall–Kier alpha value is -1.94. The Balaban J connectivity index is 1.83. The summed E-state index contributed by atoms with van der Waals surface area (Å²) in [7, 11) is 1.66. The van der Waals surface area contributed by atoms with E-state index in [-0.39, 0.29) is 11.2 Å². The zero-order valence-corrected chi connectivity index (χ0v) is 12.7. The van der Waals surface area contributed by atoms with Gasteiger partial charge in [-0.25, -0.2) is 0 Å². The maximum atomic E-state index is 12.7. The predicted molar refractivity (Wildman–Crippen MR) is 87.4 cm³/mol. The Morgan fingerprint density at radius 2 is 1.86 bits per heavy atom. The van der Waals surface area contributed by atoms with E-state index in [0.717, 1.165) is 29.3 Å². The average Bonchev–Trinajstić information content (AvgIpc) is 3.04. The number of hydrogen-bond donors (Lipinski definition) is 0. The van der Waals surface area contributed by atoms with Crippen LogP contribution in [0.4, 0.5) is 5.69 Å². The van der Waals surface area contributed by atoms with E-state index in [2.05, 4.69) is 4.90 Å². The topological polar surface area (TPSA) is 29.5 Å². The zero-order valence-electron chi connectivity index (χ0n) is 11.9. The molecule has 1 aliphatic heterocycles. The van der Waals surface area contributed by atoms with Gasteiger partial charge in [0.05, 0.1) is 7.11 Å². The van der Waals surface area contributed by atoms with E-state index < -0.39 is 0 Å². The Kier molecular flexibility index (Phi) is 4.15. The number of rotatable bonds is 4. The lowest BCUT2D eigenvalue weighted by molar-refractivity contribution is 0.0990. The first-order chi connectivity index (χ1) is 10.3. The number of anilines is 1. The molecule has 21 heavy (non-hydrogen) atoms. The van der Waals surface area contributed by atoms with Gasteiger partial charge < -0.3 is 9.64 Å². The van der Waals surface area contributed by atoms with Gasteiger partial charge in [0.25, 0.3) is 0 Å². The van der Waals surface area contributed by atoms with Crippen LogP contribution in [0.3, 0.4) is 0 Å². The van der Waals surface area contributed by atoms with Crippen molar-refractivity contribution in [2.75, 3.05) is 24.3 Å². The molecule has 0 spiro atoms. The molecule has 0 bridgehead atoms. The normalized spacial score (nSPS) is 17.8. The summed E-state index contributed by atoms with van der Waals surface area (Å²) in [5, 5.41) is -0.138. The van der Waals surface area contributed by atoms with Gasteiger partial charge in [0.15, 0.2) is 5.78 Å². The number of carbonyl (C=O) groups excluding carboxylic acids is 1. The van der Waals surface area contributed by atoms with Gasteiger partial charge in [0.1, 0.15) is 11.1 Å².